The van der Waals surface area contributed by atoms with Gasteiger partial charge in [-0.05, 0) is 17.7 Å². The van der Waals surface area contributed by atoms with Crippen LogP contribution in [0.15, 0.2) is 30.5 Å². The van der Waals surface area contributed by atoms with E-state index in [2.05, 4.69) is 15.3 Å². The highest BCUT2D eigenvalue weighted by Crippen LogP contribution is 2.26. The molecule has 21 heavy (non-hydrogen) atoms. The molecule has 8 heteroatoms. The molecule has 2 rings (SSSR count). The SMILES string of the molecule is CNc1ncc([N+](=O)[O-])c(N(C)Cc2ccc(Cl)cc2)n1. The monoisotopic (exact) mass is 307 g/mol. The van der Waals surface area contributed by atoms with Gasteiger partial charge in [0.05, 0.1) is 4.92 Å². The highest BCUT2D eigenvalue weighted by atomic mass is 35.5. The number of aromatic nitrogens is 2. The third-order valence-electron chi connectivity index (χ3n) is 2.86. The molecule has 1 aromatic heterocycles. The zero-order valence-corrected chi connectivity index (χ0v) is 12.3. The Labute approximate surface area is 126 Å². The molecule has 0 unspecified atom stereocenters. The average Bonchev–Trinajstić information content (AvgIpc) is 2.48. The van der Waals surface area contributed by atoms with E-state index in [0.717, 1.165) is 5.56 Å². The lowest BCUT2D eigenvalue weighted by Gasteiger charge is -2.18. The van der Waals surface area contributed by atoms with Crippen LogP contribution >= 0.6 is 11.6 Å². The fraction of sp³-hybridized carbons (Fsp3) is 0.231. The predicted molar refractivity (Wildman–Crippen MR) is 81.8 cm³/mol. The second-order valence-electron chi connectivity index (χ2n) is 4.39. The van der Waals surface area contributed by atoms with Crippen molar-refractivity contribution in [2.75, 3.05) is 24.3 Å². The molecule has 0 bridgehead atoms. The zero-order valence-electron chi connectivity index (χ0n) is 11.6. The van der Waals surface area contributed by atoms with E-state index in [1.807, 2.05) is 12.1 Å². The summed E-state index contributed by atoms with van der Waals surface area (Å²) in [6.07, 6.45) is 1.20. The average molecular weight is 308 g/mol. The summed E-state index contributed by atoms with van der Waals surface area (Å²) in [5, 5.41) is 14.5. The van der Waals surface area contributed by atoms with Crippen LogP contribution in [0.3, 0.4) is 0 Å². The molecule has 110 valence electrons. The van der Waals surface area contributed by atoms with Crippen LogP contribution in [0.25, 0.3) is 0 Å². The second kappa shape index (κ2) is 6.36. The van der Waals surface area contributed by atoms with E-state index < -0.39 is 4.92 Å². The van der Waals surface area contributed by atoms with Crippen LogP contribution in [0.1, 0.15) is 5.56 Å². The third kappa shape index (κ3) is 3.57. The summed E-state index contributed by atoms with van der Waals surface area (Å²) in [6.45, 7) is 0.470. The Morgan fingerprint density at radius 2 is 2.05 bits per heavy atom. The van der Waals surface area contributed by atoms with Crippen LogP contribution in [0.5, 0.6) is 0 Å². The predicted octanol–water partition coefficient (Wildman–Crippen LogP) is 2.72. The molecule has 1 aromatic carbocycles. The van der Waals surface area contributed by atoms with Crippen molar-refractivity contribution in [1.82, 2.24) is 9.97 Å². The number of nitrogens with one attached hydrogen (secondary N) is 1. The molecule has 0 atom stereocenters. The van der Waals surface area contributed by atoms with Crippen molar-refractivity contribution in [3.05, 3.63) is 51.2 Å². The minimum Gasteiger partial charge on any atom is -0.357 e. The number of halogens is 1. The zero-order chi connectivity index (χ0) is 15.4. The number of hydrogen-bond acceptors (Lipinski definition) is 6. The van der Waals surface area contributed by atoms with Gasteiger partial charge in [0.25, 0.3) is 0 Å². The molecule has 2 aromatic rings. The van der Waals surface area contributed by atoms with Gasteiger partial charge in [0, 0.05) is 25.7 Å². The van der Waals surface area contributed by atoms with E-state index in [4.69, 9.17) is 11.6 Å². The summed E-state index contributed by atoms with van der Waals surface area (Å²) in [6, 6.07) is 7.28. The van der Waals surface area contributed by atoms with Gasteiger partial charge >= 0.3 is 5.69 Å². The van der Waals surface area contributed by atoms with Crippen LogP contribution < -0.4 is 10.2 Å². The molecule has 1 heterocycles. The topological polar surface area (TPSA) is 84.2 Å². The molecule has 1 N–H and O–H groups in total. The van der Waals surface area contributed by atoms with Gasteiger partial charge in [0.1, 0.15) is 6.20 Å². The minimum atomic E-state index is -0.493. The first-order valence-corrected chi connectivity index (χ1v) is 6.54. The normalized spacial score (nSPS) is 10.2. The van der Waals surface area contributed by atoms with Crippen LogP contribution in [-0.2, 0) is 6.54 Å². The Morgan fingerprint density at radius 3 is 2.62 bits per heavy atom. The summed E-state index contributed by atoms with van der Waals surface area (Å²) in [7, 11) is 3.40. The van der Waals surface area contributed by atoms with Crippen molar-refractivity contribution in [3.63, 3.8) is 0 Å². The number of anilines is 2. The maximum absolute atomic E-state index is 11.1. The van der Waals surface area contributed by atoms with Crippen molar-refractivity contribution in [1.29, 1.82) is 0 Å². The number of nitrogens with zero attached hydrogens (tertiary/aromatic N) is 4. The van der Waals surface area contributed by atoms with Gasteiger partial charge in [-0.2, -0.15) is 4.98 Å². The van der Waals surface area contributed by atoms with E-state index in [9.17, 15) is 10.1 Å². The van der Waals surface area contributed by atoms with E-state index in [1.165, 1.54) is 6.20 Å². The van der Waals surface area contributed by atoms with Crippen molar-refractivity contribution >= 4 is 29.1 Å². The Balaban J connectivity index is 2.30. The number of hydrogen-bond donors (Lipinski definition) is 1. The number of benzene rings is 1. The summed E-state index contributed by atoms with van der Waals surface area (Å²) < 4.78 is 0. The Kier molecular flexibility index (Phi) is 4.54. The van der Waals surface area contributed by atoms with E-state index in [0.29, 0.717) is 17.5 Å². The molecule has 0 aliphatic rings. The van der Waals surface area contributed by atoms with Crippen LogP contribution in [-0.4, -0.2) is 29.0 Å². The van der Waals surface area contributed by atoms with Gasteiger partial charge in [-0.1, -0.05) is 23.7 Å². The first-order valence-electron chi connectivity index (χ1n) is 6.16. The van der Waals surface area contributed by atoms with Gasteiger partial charge in [-0.15, -0.1) is 0 Å². The molecule has 0 aliphatic carbocycles. The van der Waals surface area contributed by atoms with Crippen molar-refractivity contribution in [3.8, 4) is 0 Å². The number of rotatable bonds is 5. The maximum atomic E-state index is 11.1. The highest BCUT2D eigenvalue weighted by molar-refractivity contribution is 6.30. The van der Waals surface area contributed by atoms with E-state index >= 15 is 0 Å². The molecule has 0 amide bonds. The molecule has 7 nitrogen and oxygen atoms in total. The minimum absolute atomic E-state index is 0.134. The Hall–Kier alpha value is -2.41. The lowest BCUT2D eigenvalue weighted by molar-refractivity contribution is -0.384. The summed E-state index contributed by atoms with van der Waals surface area (Å²) in [5.74, 6) is 0.591. The third-order valence-corrected chi connectivity index (χ3v) is 3.12. The Bertz CT molecular complexity index is 648. The quantitative estimate of drug-likeness (QED) is 0.675. The lowest BCUT2D eigenvalue weighted by atomic mass is 10.2. The van der Waals surface area contributed by atoms with Crippen molar-refractivity contribution < 1.29 is 4.92 Å². The fourth-order valence-corrected chi connectivity index (χ4v) is 1.96. The summed E-state index contributed by atoms with van der Waals surface area (Å²) in [4.78, 5) is 20.3. The summed E-state index contributed by atoms with van der Waals surface area (Å²) in [5.41, 5.74) is 0.839. The number of nitro groups is 1. The fourth-order valence-electron chi connectivity index (χ4n) is 1.84. The largest absolute Gasteiger partial charge is 0.357 e. The molecular formula is C13H14ClN5O2. The van der Waals surface area contributed by atoms with Crippen molar-refractivity contribution in [2.24, 2.45) is 0 Å². The van der Waals surface area contributed by atoms with Crippen molar-refractivity contribution in [2.45, 2.75) is 6.54 Å². The van der Waals surface area contributed by atoms with Gasteiger partial charge < -0.3 is 10.2 Å². The molecule has 0 aliphatic heterocycles. The van der Waals surface area contributed by atoms with Gasteiger partial charge in [0.2, 0.25) is 11.8 Å². The second-order valence-corrected chi connectivity index (χ2v) is 4.83. The molecule has 0 saturated carbocycles. The van der Waals surface area contributed by atoms with Crippen LogP contribution in [0.2, 0.25) is 5.02 Å². The first kappa shape index (κ1) is 15.0. The molecular weight excluding hydrogens is 294 g/mol. The first-order chi connectivity index (χ1) is 10.0. The van der Waals surface area contributed by atoms with E-state index in [1.54, 1.807) is 31.1 Å². The van der Waals surface area contributed by atoms with Gasteiger partial charge in [-0.25, -0.2) is 4.98 Å². The highest BCUT2D eigenvalue weighted by Gasteiger charge is 2.20. The van der Waals surface area contributed by atoms with E-state index in [-0.39, 0.29) is 11.5 Å². The summed E-state index contributed by atoms with van der Waals surface area (Å²) >= 11 is 5.84. The standard InChI is InChI=1S/C13H14ClN5O2/c1-15-13-16-7-11(19(20)21)12(17-13)18(2)8-9-3-5-10(14)6-4-9/h3-7H,8H2,1-2H3,(H,15,16,17). The Morgan fingerprint density at radius 1 is 1.38 bits per heavy atom. The molecule has 0 spiro atoms. The van der Waals surface area contributed by atoms with Crippen LogP contribution in [0, 0.1) is 10.1 Å². The smallest absolute Gasteiger partial charge is 0.329 e. The van der Waals surface area contributed by atoms with Gasteiger partial charge in [0.15, 0.2) is 0 Å². The molecule has 0 fully saturated rings. The maximum Gasteiger partial charge on any atom is 0.329 e. The molecule has 0 radical (unpaired) electrons. The lowest BCUT2D eigenvalue weighted by Crippen LogP contribution is -2.20. The molecule has 0 saturated heterocycles. The van der Waals surface area contributed by atoms with Crippen LogP contribution in [0.4, 0.5) is 17.5 Å². The van der Waals surface area contributed by atoms with Gasteiger partial charge in [-0.3, -0.25) is 10.1 Å².